The summed E-state index contributed by atoms with van der Waals surface area (Å²) in [4.78, 5) is 12.2. The molecule has 0 radical (unpaired) electrons. The van der Waals surface area contributed by atoms with Gasteiger partial charge in [-0.05, 0) is 4.99 Å². The molecule has 1 N–H and O–H groups in total. The minimum atomic E-state index is -0.467. The molecule has 0 amide bonds. The number of methoxy groups -OCH3 is 1. The van der Waals surface area contributed by atoms with Gasteiger partial charge >= 0.3 is 5.97 Å². The summed E-state index contributed by atoms with van der Waals surface area (Å²) in [5, 5.41) is 2.59. The van der Waals surface area contributed by atoms with Crippen LogP contribution in [0.1, 0.15) is 0 Å². The maximum absolute atomic E-state index is 10.6. The highest BCUT2D eigenvalue weighted by molar-refractivity contribution is 9.11. The minimum Gasteiger partial charge on any atom is -0.464 e. The fraction of sp³-hybridized carbons (Fsp3) is 0.167. The third-order valence-corrected chi connectivity index (χ3v) is 1.02. The van der Waals surface area contributed by atoms with Crippen molar-refractivity contribution in [1.29, 1.82) is 0 Å². The number of esters is 1. The van der Waals surface area contributed by atoms with Crippen molar-refractivity contribution in [3.05, 3.63) is 23.5 Å². The van der Waals surface area contributed by atoms with Gasteiger partial charge in [-0.2, -0.15) is 0 Å². The largest absolute Gasteiger partial charge is 0.464 e. The fourth-order valence-electron chi connectivity index (χ4n) is 0.314. The van der Waals surface area contributed by atoms with Crippen molar-refractivity contribution >= 4 is 21.9 Å². The van der Waals surface area contributed by atoms with Gasteiger partial charge in [-0.1, -0.05) is 22.5 Å². The number of ether oxygens (including phenoxy) is 1. The van der Waals surface area contributed by atoms with E-state index in [1.54, 1.807) is 4.99 Å². The van der Waals surface area contributed by atoms with Gasteiger partial charge in [0.1, 0.15) is 5.70 Å². The maximum atomic E-state index is 10.6. The zero-order valence-electron chi connectivity index (χ0n) is 5.56. The molecule has 0 aliphatic carbocycles. The molecule has 0 aromatic rings. The van der Waals surface area contributed by atoms with E-state index in [1.165, 1.54) is 13.3 Å². The van der Waals surface area contributed by atoms with Crippen LogP contribution in [0.25, 0.3) is 0 Å². The molecule has 0 fully saturated rings. The highest BCUT2D eigenvalue weighted by Gasteiger charge is 2.01. The molecule has 0 spiro atoms. The molecule has 0 saturated carbocycles. The smallest absolute Gasteiger partial charge is 0.353 e. The van der Waals surface area contributed by atoms with Crippen molar-refractivity contribution in [2.75, 3.05) is 7.11 Å². The predicted molar refractivity (Wildman–Crippen MR) is 42.4 cm³/mol. The first-order chi connectivity index (χ1) is 4.72. The Balaban J connectivity index is 3.74. The van der Waals surface area contributed by atoms with Crippen LogP contribution in [-0.2, 0) is 9.53 Å². The molecule has 4 heteroatoms. The Morgan fingerprint density at radius 2 is 2.40 bits per heavy atom. The summed E-state index contributed by atoms with van der Waals surface area (Å²) in [5.74, 6) is -0.467. The van der Waals surface area contributed by atoms with Crippen LogP contribution in [0, 0.1) is 0 Å². The molecule has 0 heterocycles. The van der Waals surface area contributed by atoms with Crippen molar-refractivity contribution in [3.8, 4) is 0 Å². The van der Waals surface area contributed by atoms with Crippen molar-refractivity contribution in [2.24, 2.45) is 0 Å². The fourth-order valence-corrected chi connectivity index (χ4v) is 0.446. The third kappa shape index (κ3) is 3.29. The zero-order valence-corrected chi connectivity index (χ0v) is 7.14. The standard InChI is InChI=1S/C6H8BrNO2/c1-5(6(9)10-2)8-4-3-7/h3-4,8H,1H2,2H3/b4-3-. The predicted octanol–water partition coefficient (Wildman–Crippen LogP) is 1.13. The molecule has 0 aliphatic heterocycles. The molecule has 0 saturated heterocycles. The molecule has 0 unspecified atom stereocenters. The van der Waals surface area contributed by atoms with Gasteiger partial charge in [0.05, 0.1) is 7.11 Å². The molecule has 10 heavy (non-hydrogen) atoms. The van der Waals surface area contributed by atoms with Crippen LogP contribution in [0.3, 0.4) is 0 Å². The lowest BCUT2D eigenvalue weighted by atomic mass is 10.5. The van der Waals surface area contributed by atoms with E-state index in [4.69, 9.17) is 0 Å². The van der Waals surface area contributed by atoms with E-state index in [-0.39, 0.29) is 5.70 Å². The first-order valence-electron chi connectivity index (χ1n) is 2.51. The van der Waals surface area contributed by atoms with Gasteiger partial charge in [-0.15, -0.1) is 0 Å². The average molecular weight is 206 g/mol. The Kier molecular flexibility index (Phi) is 4.66. The highest BCUT2D eigenvalue weighted by atomic mass is 79.9. The van der Waals surface area contributed by atoms with E-state index >= 15 is 0 Å². The summed E-state index contributed by atoms with van der Waals surface area (Å²) >= 11 is 3.01. The highest BCUT2D eigenvalue weighted by Crippen LogP contribution is 1.88. The van der Waals surface area contributed by atoms with Gasteiger partial charge in [0.15, 0.2) is 0 Å². The van der Waals surface area contributed by atoms with Crippen LogP contribution < -0.4 is 5.32 Å². The number of hydrogen-bond donors (Lipinski definition) is 1. The molecular formula is C6H8BrNO2. The lowest BCUT2D eigenvalue weighted by molar-refractivity contribution is -0.136. The summed E-state index contributed by atoms with van der Waals surface area (Å²) in [5.41, 5.74) is 0.207. The van der Waals surface area contributed by atoms with Crippen molar-refractivity contribution in [2.45, 2.75) is 0 Å². The van der Waals surface area contributed by atoms with Crippen LogP contribution in [0.15, 0.2) is 23.5 Å². The summed E-state index contributed by atoms with van der Waals surface area (Å²) in [6.45, 7) is 3.41. The molecule has 0 atom stereocenters. The number of rotatable bonds is 3. The molecule has 0 aliphatic rings. The molecule has 0 bridgehead atoms. The molecule has 56 valence electrons. The van der Waals surface area contributed by atoms with E-state index in [9.17, 15) is 4.79 Å². The Bertz CT molecular complexity index is 165. The topological polar surface area (TPSA) is 38.3 Å². The van der Waals surface area contributed by atoms with Crippen LogP contribution in [0.5, 0.6) is 0 Å². The van der Waals surface area contributed by atoms with Gasteiger partial charge in [0.2, 0.25) is 0 Å². The Morgan fingerprint density at radius 1 is 1.80 bits per heavy atom. The molecule has 0 aromatic carbocycles. The second-order valence-electron chi connectivity index (χ2n) is 1.41. The zero-order chi connectivity index (χ0) is 7.98. The van der Waals surface area contributed by atoms with Crippen molar-refractivity contribution < 1.29 is 9.53 Å². The summed E-state index contributed by atoms with van der Waals surface area (Å²) < 4.78 is 4.36. The molecule has 3 nitrogen and oxygen atoms in total. The van der Waals surface area contributed by atoms with Gasteiger partial charge in [0, 0.05) is 6.20 Å². The molecule has 0 aromatic heterocycles. The van der Waals surface area contributed by atoms with E-state index in [0.29, 0.717) is 0 Å². The van der Waals surface area contributed by atoms with Crippen LogP contribution in [0.2, 0.25) is 0 Å². The number of hydrogen-bond acceptors (Lipinski definition) is 3. The van der Waals surface area contributed by atoms with E-state index < -0.39 is 5.97 Å². The van der Waals surface area contributed by atoms with Crippen LogP contribution >= 0.6 is 15.9 Å². The number of carbonyl (C=O) groups is 1. The van der Waals surface area contributed by atoms with Gasteiger partial charge in [-0.25, -0.2) is 4.79 Å². The van der Waals surface area contributed by atoms with Gasteiger partial charge in [-0.3, -0.25) is 0 Å². The number of halogens is 1. The lowest BCUT2D eigenvalue weighted by Crippen LogP contribution is -2.14. The SMILES string of the molecule is C=C(N/C=C\Br)C(=O)OC. The second-order valence-corrected chi connectivity index (χ2v) is 1.94. The Morgan fingerprint density at radius 3 is 2.80 bits per heavy atom. The first-order valence-corrected chi connectivity index (χ1v) is 3.43. The number of nitrogens with one attached hydrogen (secondary N) is 1. The van der Waals surface area contributed by atoms with Crippen LogP contribution in [0.4, 0.5) is 0 Å². The number of carbonyl (C=O) groups excluding carboxylic acids is 1. The normalized spacial score (nSPS) is 9.40. The summed E-state index contributed by atoms with van der Waals surface area (Å²) in [7, 11) is 1.30. The van der Waals surface area contributed by atoms with Gasteiger partial charge in [0.25, 0.3) is 0 Å². The lowest BCUT2D eigenvalue weighted by Gasteiger charge is -2.00. The van der Waals surface area contributed by atoms with Crippen LogP contribution in [-0.4, -0.2) is 13.1 Å². The molecule has 0 rings (SSSR count). The minimum absolute atomic E-state index is 0.207. The average Bonchev–Trinajstić information content (AvgIpc) is 1.98. The summed E-state index contributed by atoms with van der Waals surface area (Å²) in [6.07, 6.45) is 1.53. The van der Waals surface area contributed by atoms with E-state index in [2.05, 4.69) is 32.6 Å². The maximum Gasteiger partial charge on any atom is 0.353 e. The Labute approximate surface area is 67.9 Å². The van der Waals surface area contributed by atoms with E-state index in [1.807, 2.05) is 0 Å². The van der Waals surface area contributed by atoms with E-state index in [0.717, 1.165) is 0 Å². The third-order valence-electron chi connectivity index (χ3n) is 0.752. The monoisotopic (exact) mass is 205 g/mol. The second kappa shape index (κ2) is 5.05. The van der Waals surface area contributed by atoms with Crippen molar-refractivity contribution in [3.63, 3.8) is 0 Å². The quantitative estimate of drug-likeness (QED) is 0.555. The first kappa shape index (κ1) is 9.23. The molecular weight excluding hydrogens is 198 g/mol. The Hall–Kier alpha value is -0.770. The van der Waals surface area contributed by atoms with Gasteiger partial charge < -0.3 is 10.1 Å². The van der Waals surface area contributed by atoms with Crippen molar-refractivity contribution in [1.82, 2.24) is 5.32 Å². The summed E-state index contributed by atoms with van der Waals surface area (Å²) in [6, 6.07) is 0.